The fourth-order valence-corrected chi connectivity index (χ4v) is 3.14. The molecule has 20 heavy (non-hydrogen) atoms. The number of nitrogens with zero attached hydrogens (tertiary/aromatic N) is 1. The van der Waals surface area contributed by atoms with E-state index in [4.69, 9.17) is 4.74 Å². The van der Waals surface area contributed by atoms with Gasteiger partial charge in [0.15, 0.2) is 0 Å². The summed E-state index contributed by atoms with van der Waals surface area (Å²) >= 11 is 1.56. The van der Waals surface area contributed by atoms with Gasteiger partial charge in [0, 0.05) is 6.42 Å². The van der Waals surface area contributed by atoms with Crippen LogP contribution in [0.5, 0.6) is 5.75 Å². The van der Waals surface area contributed by atoms with Crippen LogP contribution in [0.1, 0.15) is 35.0 Å². The van der Waals surface area contributed by atoms with Crippen molar-refractivity contribution in [3.05, 3.63) is 45.4 Å². The van der Waals surface area contributed by atoms with E-state index in [2.05, 4.69) is 4.98 Å². The van der Waals surface area contributed by atoms with Crippen LogP contribution in [0.2, 0.25) is 0 Å². The standard InChI is InChI=1S/C16H21NO2S/c1-11-7-5-6-8-13(11)19-10-9-14-17-12(2)15(20-14)16(3,4)18/h5-8,18H,9-10H2,1-4H3. The normalized spacial score (nSPS) is 11.7. The molecule has 0 aliphatic carbocycles. The Kier molecular flexibility index (Phi) is 4.45. The summed E-state index contributed by atoms with van der Waals surface area (Å²) < 4.78 is 5.78. The van der Waals surface area contributed by atoms with Crippen LogP contribution in [-0.2, 0) is 12.0 Å². The van der Waals surface area contributed by atoms with Gasteiger partial charge in [0.1, 0.15) is 5.75 Å². The molecule has 0 fully saturated rings. The van der Waals surface area contributed by atoms with Crippen molar-refractivity contribution in [2.45, 2.75) is 39.7 Å². The maximum atomic E-state index is 10.1. The average molecular weight is 291 g/mol. The molecule has 3 nitrogen and oxygen atoms in total. The number of aliphatic hydroxyl groups is 1. The van der Waals surface area contributed by atoms with Gasteiger partial charge in [0.2, 0.25) is 0 Å². The summed E-state index contributed by atoms with van der Waals surface area (Å²) in [6.07, 6.45) is 0.760. The number of hydrogen-bond donors (Lipinski definition) is 1. The molecule has 2 rings (SSSR count). The lowest BCUT2D eigenvalue weighted by molar-refractivity contribution is 0.0817. The van der Waals surface area contributed by atoms with Gasteiger partial charge in [-0.2, -0.15) is 0 Å². The van der Waals surface area contributed by atoms with E-state index in [-0.39, 0.29) is 0 Å². The van der Waals surface area contributed by atoms with Crippen LogP contribution in [-0.4, -0.2) is 16.7 Å². The summed E-state index contributed by atoms with van der Waals surface area (Å²) in [4.78, 5) is 5.44. The van der Waals surface area contributed by atoms with Crippen LogP contribution in [0.3, 0.4) is 0 Å². The van der Waals surface area contributed by atoms with Crippen molar-refractivity contribution in [3.63, 3.8) is 0 Å². The number of hydrogen-bond acceptors (Lipinski definition) is 4. The quantitative estimate of drug-likeness (QED) is 0.915. The van der Waals surface area contributed by atoms with E-state index in [1.54, 1.807) is 25.2 Å². The summed E-state index contributed by atoms with van der Waals surface area (Å²) in [6.45, 7) is 8.16. The Bertz CT molecular complexity index is 584. The molecule has 2 aromatic rings. The second-order valence-electron chi connectivity index (χ2n) is 5.45. The molecule has 108 valence electrons. The number of rotatable bonds is 5. The molecule has 0 unspecified atom stereocenters. The molecule has 1 heterocycles. The maximum absolute atomic E-state index is 10.1. The molecule has 0 aliphatic heterocycles. The number of aromatic nitrogens is 1. The monoisotopic (exact) mass is 291 g/mol. The van der Waals surface area contributed by atoms with E-state index in [0.717, 1.165) is 33.3 Å². The minimum atomic E-state index is -0.823. The van der Waals surface area contributed by atoms with E-state index >= 15 is 0 Å². The number of thiazole rings is 1. The van der Waals surface area contributed by atoms with Gasteiger partial charge in [-0.05, 0) is 39.3 Å². The third-order valence-corrected chi connectivity index (χ3v) is 4.59. The first-order chi connectivity index (χ1) is 9.38. The molecule has 0 saturated carbocycles. The molecule has 0 atom stereocenters. The molecule has 0 radical (unpaired) electrons. The lowest BCUT2D eigenvalue weighted by Gasteiger charge is -2.15. The molecular weight excluding hydrogens is 270 g/mol. The zero-order valence-corrected chi connectivity index (χ0v) is 13.3. The van der Waals surface area contributed by atoms with Gasteiger partial charge >= 0.3 is 0 Å². The molecule has 1 N–H and O–H groups in total. The summed E-state index contributed by atoms with van der Waals surface area (Å²) in [6, 6.07) is 7.99. The van der Waals surface area contributed by atoms with E-state index in [1.165, 1.54) is 0 Å². The summed E-state index contributed by atoms with van der Waals surface area (Å²) in [7, 11) is 0. The van der Waals surface area contributed by atoms with Crippen molar-refractivity contribution >= 4 is 11.3 Å². The van der Waals surface area contributed by atoms with Gasteiger partial charge in [-0.15, -0.1) is 11.3 Å². The molecule has 1 aromatic heterocycles. The van der Waals surface area contributed by atoms with Crippen LogP contribution in [0.15, 0.2) is 24.3 Å². The minimum absolute atomic E-state index is 0.600. The number of benzene rings is 1. The highest BCUT2D eigenvalue weighted by Gasteiger charge is 2.22. The molecular formula is C16H21NO2S. The van der Waals surface area contributed by atoms with E-state index in [1.807, 2.05) is 38.1 Å². The summed E-state index contributed by atoms with van der Waals surface area (Å²) in [5, 5.41) is 11.1. The van der Waals surface area contributed by atoms with Crippen molar-refractivity contribution in [3.8, 4) is 5.75 Å². The predicted molar refractivity (Wildman–Crippen MR) is 82.5 cm³/mol. The first-order valence-electron chi connectivity index (χ1n) is 6.75. The first kappa shape index (κ1) is 15.0. The lowest BCUT2D eigenvalue weighted by Crippen LogP contribution is -2.14. The van der Waals surface area contributed by atoms with Gasteiger partial charge in [-0.3, -0.25) is 0 Å². The number of aryl methyl sites for hydroxylation is 2. The number of para-hydroxylation sites is 1. The van der Waals surface area contributed by atoms with E-state index < -0.39 is 5.60 Å². The highest BCUT2D eigenvalue weighted by atomic mass is 32.1. The predicted octanol–water partition coefficient (Wildman–Crippen LogP) is 3.61. The summed E-state index contributed by atoms with van der Waals surface area (Å²) in [5.74, 6) is 0.920. The van der Waals surface area contributed by atoms with Gasteiger partial charge in [0.25, 0.3) is 0 Å². The SMILES string of the molecule is Cc1ccccc1OCCc1nc(C)c(C(C)(C)O)s1. The third-order valence-electron chi connectivity index (χ3n) is 3.06. The van der Waals surface area contributed by atoms with Crippen LogP contribution in [0.4, 0.5) is 0 Å². The molecule has 0 spiro atoms. The van der Waals surface area contributed by atoms with Gasteiger partial charge in [0.05, 0.1) is 27.8 Å². The molecule has 4 heteroatoms. The maximum Gasteiger partial charge on any atom is 0.122 e. The molecule has 0 bridgehead atoms. The van der Waals surface area contributed by atoms with E-state index in [0.29, 0.717) is 6.61 Å². The Hall–Kier alpha value is -1.39. The fourth-order valence-electron chi connectivity index (χ4n) is 2.09. The Morgan fingerprint density at radius 3 is 2.55 bits per heavy atom. The lowest BCUT2D eigenvalue weighted by atomic mass is 10.1. The van der Waals surface area contributed by atoms with Gasteiger partial charge < -0.3 is 9.84 Å². The summed E-state index contributed by atoms with van der Waals surface area (Å²) in [5.41, 5.74) is 1.23. The molecule has 0 amide bonds. The van der Waals surface area contributed by atoms with Gasteiger partial charge in [-0.1, -0.05) is 18.2 Å². The topological polar surface area (TPSA) is 42.4 Å². The first-order valence-corrected chi connectivity index (χ1v) is 7.57. The van der Waals surface area contributed by atoms with Gasteiger partial charge in [-0.25, -0.2) is 4.98 Å². The smallest absolute Gasteiger partial charge is 0.122 e. The van der Waals surface area contributed by atoms with Crippen LogP contribution >= 0.6 is 11.3 Å². The largest absolute Gasteiger partial charge is 0.493 e. The van der Waals surface area contributed by atoms with Crippen molar-refractivity contribution in [2.24, 2.45) is 0 Å². The molecule has 0 aliphatic rings. The van der Waals surface area contributed by atoms with Crippen molar-refractivity contribution in [1.82, 2.24) is 4.98 Å². The zero-order valence-electron chi connectivity index (χ0n) is 12.4. The Morgan fingerprint density at radius 2 is 1.95 bits per heavy atom. The fraction of sp³-hybridized carbons (Fsp3) is 0.438. The van der Waals surface area contributed by atoms with Crippen LogP contribution in [0.25, 0.3) is 0 Å². The number of ether oxygens (including phenoxy) is 1. The van der Waals surface area contributed by atoms with Crippen LogP contribution < -0.4 is 4.74 Å². The second kappa shape index (κ2) is 5.94. The Balaban J connectivity index is 1.97. The average Bonchev–Trinajstić information content (AvgIpc) is 2.73. The van der Waals surface area contributed by atoms with Crippen LogP contribution in [0, 0.1) is 13.8 Å². The van der Waals surface area contributed by atoms with E-state index in [9.17, 15) is 5.11 Å². The second-order valence-corrected chi connectivity index (χ2v) is 6.53. The Labute approximate surface area is 124 Å². The van der Waals surface area contributed by atoms with Crippen molar-refractivity contribution in [2.75, 3.05) is 6.61 Å². The van der Waals surface area contributed by atoms with Crippen molar-refractivity contribution < 1.29 is 9.84 Å². The minimum Gasteiger partial charge on any atom is -0.493 e. The Morgan fingerprint density at radius 1 is 1.25 bits per heavy atom. The highest BCUT2D eigenvalue weighted by Crippen LogP contribution is 2.29. The van der Waals surface area contributed by atoms with Crippen molar-refractivity contribution in [1.29, 1.82) is 0 Å². The molecule has 1 aromatic carbocycles. The zero-order chi connectivity index (χ0) is 14.8. The molecule has 0 saturated heterocycles. The highest BCUT2D eigenvalue weighted by molar-refractivity contribution is 7.11. The third kappa shape index (κ3) is 3.58.